The number of ether oxygens (including phenoxy) is 1. The number of fused-ring (bicyclic) bond motifs is 1. The fraction of sp³-hybridized carbons (Fsp3) is 0.316. The number of nitrogens with one attached hydrogen (secondary N) is 2. The highest BCUT2D eigenvalue weighted by Crippen LogP contribution is 2.25. The van der Waals surface area contributed by atoms with Crippen LogP contribution in [-0.4, -0.2) is 27.4 Å². The Morgan fingerprint density at radius 2 is 2.20 bits per heavy atom. The van der Waals surface area contributed by atoms with Crippen molar-refractivity contribution in [2.45, 2.75) is 33.1 Å². The summed E-state index contributed by atoms with van der Waals surface area (Å²) >= 11 is 0. The average molecular weight is 338 g/mol. The fourth-order valence-electron chi connectivity index (χ4n) is 2.49. The van der Waals surface area contributed by atoms with Gasteiger partial charge in [-0.15, -0.1) is 0 Å². The SMILES string of the molecule is CCCNC(=O)c1c[nH]c2ncc(Oc3cccc(C(C)C)c3)nc12. The Morgan fingerprint density at radius 1 is 1.36 bits per heavy atom. The van der Waals surface area contributed by atoms with Crippen LogP contribution in [0.25, 0.3) is 11.2 Å². The topological polar surface area (TPSA) is 79.9 Å². The molecule has 0 fully saturated rings. The zero-order chi connectivity index (χ0) is 17.8. The summed E-state index contributed by atoms with van der Waals surface area (Å²) in [5.41, 5.74) is 2.72. The van der Waals surface area contributed by atoms with Gasteiger partial charge < -0.3 is 15.0 Å². The van der Waals surface area contributed by atoms with Crippen molar-refractivity contribution >= 4 is 17.1 Å². The van der Waals surface area contributed by atoms with Gasteiger partial charge in [0.15, 0.2) is 5.65 Å². The van der Waals surface area contributed by atoms with E-state index in [0.29, 0.717) is 40.8 Å². The van der Waals surface area contributed by atoms with Crippen LogP contribution in [0, 0.1) is 0 Å². The average Bonchev–Trinajstić information content (AvgIpc) is 3.03. The number of carbonyl (C=O) groups is 1. The van der Waals surface area contributed by atoms with Crippen molar-refractivity contribution in [3.63, 3.8) is 0 Å². The first-order chi connectivity index (χ1) is 12.1. The molecule has 3 rings (SSSR count). The van der Waals surface area contributed by atoms with Gasteiger partial charge in [0.1, 0.15) is 11.3 Å². The molecule has 0 unspecified atom stereocenters. The van der Waals surface area contributed by atoms with E-state index in [-0.39, 0.29) is 5.91 Å². The number of hydrogen-bond acceptors (Lipinski definition) is 4. The van der Waals surface area contributed by atoms with E-state index in [1.165, 1.54) is 5.56 Å². The highest BCUT2D eigenvalue weighted by Gasteiger charge is 2.15. The number of amides is 1. The monoisotopic (exact) mass is 338 g/mol. The van der Waals surface area contributed by atoms with E-state index in [1.54, 1.807) is 12.4 Å². The number of aromatic amines is 1. The second-order valence-electron chi connectivity index (χ2n) is 6.19. The van der Waals surface area contributed by atoms with Crippen molar-refractivity contribution < 1.29 is 9.53 Å². The molecule has 0 bridgehead atoms. The van der Waals surface area contributed by atoms with Gasteiger partial charge in [0.05, 0.1) is 11.8 Å². The summed E-state index contributed by atoms with van der Waals surface area (Å²) < 4.78 is 5.84. The van der Waals surface area contributed by atoms with E-state index in [1.807, 2.05) is 25.1 Å². The minimum Gasteiger partial charge on any atom is -0.437 e. The second kappa shape index (κ2) is 7.34. The van der Waals surface area contributed by atoms with Gasteiger partial charge in [-0.2, -0.15) is 0 Å². The lowest BCUT2D eigenvalue weighted by molar-refractivity contribution is 0.0955. The lowest BCUT2D eigenvalue weighted by Crippen LogP contribution is -2.23. The van der Waals surface area contributed by atoms with Crippen LogP contribution in [0.3, 0.4) is 0 Å². The number of hydrogen-bond donors (Lipinski definition) is 2. The summed E-state index contributed by atoms with van der Waals surface area (Å²) in [5, 5.41) is 2.85. The molecule has 0 saturated heterocycles. The van der Waals surface area contributed by atoms with Gasteiger partial charge in [-0.3, -0.25) is 4.79 Å². The first kappa shape index (κ1) is 17.0. The Hall–Kier alpha value is -2.89. The maximum absolute atomic E-state index is 12.2. The summed E-state index contributed by atoms with van der Waals surface area (Å²) in [6, 6.07) is 7.89. The maximum atomic E-state index is 12.2. The Labute approximate surface area is 146 Å². The molecule has 0 aliphatic carbocycles. The molecule has 3 aromatic rings. The van der Waals surface area contributed by atoms with Crippen LogP contribution in [0.15, 0.2) is 36.7 Å². The Balaban J connectivity index is 1.88. The number of aromatic nitrogens is 3. The molecule has 130 valence electrons. The molecule has 25 heavy (non-hydrogen) atoms. The number of nitrogens with zero attached hydrogens (tertiary/aromatic N) is 2. The van der Waals surface area contributed by atoms with Gasteiger partial charge in [0, 0.05) is 12.7 Å². The third kappa shape index (κ3) is 3.79. The highest BCUT2D eigenvalue weighted by atomic mass is 16.5. The van der Waals surface area contributed by atoms with Gasteiger partial charge in [0.25, 0.3) is 5.91 Å². The van der Waals surface area contributed by atoms with Crippen LogP contribution >= 0.6 is 0 Å². The van der Waals surface area contributed by atoms with Crippen molar-refractivity contribution in [1.29, 1.82) is 0 Å². The van der Waals surface area contributed by atoms with E-state index in [0.717, 1.165) is 6.42 Å². The van der Waals surface area contributed by atoms with Crippen LogP contribution in [0.1, 0.15) is 49.0 Å². The van der Waals surface area contributed by atoms with Crippen molar-refractivity contribution in [2.24, 2.45) is 0 Å². The zero-order valence-corrected chi connectivity index (χ0v) is 14.7. The summed E-state index contributed by atoms with van der Waals surface area (Å²) in [4.78, 5) is 24.0. The van der Waals surface area contributed by atoms with Gasteiger partial charge in [0.2, 0.25) is 5.88 Å². The molecule has 2 heterocycles. The van der Waals surface area contributed by atoms with Crippen molar-refractivity contribution in [3.8, 4) is 11.6 Å². The predicted octanol–water partition coefficient (Wildman–Crippen LogP) is 4.01. The fourth-order valence-corrected chi connectivity index (χ4v) is 2.49. The molecule has 0 aliphatic rings. The first-order valence-corrected chi connectivity index (χ1v) is 8.48. The summed E-state index contributed by atoms with van der Waals surface area (Å²) in [7, 11) is 0. The number of rotatable bonds is 6. The van der Waals surface area contributed by atoms with Gasteiger partial charge in [-0.05, 0) is 30.0 Å². The minimum absolute atomic E-state index is 0.165. The van der Waals surface area contributed by atoms with E-state index in [4.69, 9.17) is 4.74 Å². The third-order valence-corrected chi connectivity index (χ3v) is 3.89. The Bertz CT molecular complexity index is 886. The number of carbonyl (C=O) groups excluding carboxylic acids is 1. The normalized spacial score (nSPS) is 11.0. The standard InChI is InChI=1S/C19H22N4O2/c1-4-8-20-19(24)15-10-21-18-17(15)23-16(11-22-18)25-14-7-5-6-13(9-14)12(2)3/h5-7,9-12H,4,8H2,1-3H3,(H,20,24)(H,21,22). The van der Waals surface area contributed by atoms with Gasteiger partial charge >= 0.3 is 0 Å². The van der Waals surface area contributed by atoms with Crippen LogP contribution in [0.5, 0.6) is 11.6 Å². The molecule has 0 spiro atoms. The predicted molar refractivity (Wildman–Crippen MR) is 97.1 cm³/mol. The van der Waals surface area contributed by atoms with Crippen molar-refractivity contribution in [2.75, 3.05) is 6.54 Å². The molecule has 0 radical (unpaired) electrons. The zero-order valence-electron chi connectivity index (χ0n) is 14.7. The maximum Gasteiger partial charge on any atom is 0.255 e. The van der Waals surface area contributed by atoms with E-state index in [9.17, 15) is 4.79 Å². The summed E-state index contributed by atoms with van der Waals surface area (Å²) in [5.74, 6) is 1.31. The van der Waals surface area contributed by atoms with E-state index in [2.05, 4.69) is 40.2 Å². The summed E-state index contributed by atoms with van der Waals surface area (Å²) in [6.07, 6.45) is 4.05. The van der Waals surface area contributed by atoms with E-state index >= 15 is 0 Å². The van der Waals surface area contributed by atoms with Crippen molar-refractivity contribution in [1.82, 2.24) is 20.3 Å². The molecular weight excluding hydrogens is 316 g/mol. The molecule has 2 N–H and O–H groups in total. The number of H-pyrrole nitrogens is 1. The Kier molecular flexibility index (Phi) is 4.97. The summed E-state index contributed by atoms with van der Waals surface area (Å²) in [6.45, 7) is 6.89. The van der Waals surface area contributed by atoms with Crippen LogP contribution in [0.4, 0.5) is 0 Å². The van der Waals surface area contributed by atoms with Crippen LogP contribution < -0.4 is 10.1 Å². The lowest BCUT2D eigenvalue weighted by Gasteiger charge is -2.09. The minimum atomic E-state index is -0.165. The highest BCUT2D eigenvalue weighted by molar-refractivity contribution is 6.04. The molecule has 2 aromatic heterocycles. The third-order valence-electron chi connectivity index (χ3n) is 3.89. The molecule has 6 heteroatoms. The number of benzene rings is 1. The van der Waals surface area contributed by atoms with Gasteiger partial charge in [-0.25, -0.2) is 9.97 Å². The largest absolute Gasteiger partial charge is 0.437 e. The molecule has 0 saturated carbocycles. The first-order valence-electron chi connectivity index (χ1n) is 8.48. The molecular formula is C19H22N4O2. The van der Waals surface area contributed by atoms with Crippen molar-refractivity contribution in [3.05, 3.63) is 47.8 Å². The smallest absolute Gasteiger partial charge is 0.255 e. The quantitative estimate of drug-likeness (QED) is 0.711. The molecule has 0 aliphatic heterocycles. The van der Waals surface area contributed by atoms with Crippen LogP contribution in [0.2, 0.25) is 0 Å². The van der Waals surface area contributed by atoms with Crippen LogP contribution in [-0.2, 0) is 0 Å². The molecule has 0 atom stereocenters. The van der Waals surface area contributed by atoms with Gasteiger partial charge in [-0.1, -0.05) is 32.9 Å². The Morgan fingerprint density at radius 3 is 2.96 bits per heavy atom. The van der Waals surface area contributed by atoms with E-state index < -0.39 is 0 Å². The lowest BCUT2D eigenvalue weighted by atomic mass is 10.0. The molecule has 6 nitrogen and oxygen atoms in total. The molecule has 1 amide bonds. The second-order valence-corrected chi connectivity index (χ2v) is 6.19. The molecule has 1 aromatic carbocycles.